The molecule has 45 heavy (non-hydrogen) atoms. The van der Waals surface area contributed by atoms with Gasteiger partial charge in [-0.1, -0.05) is 74.1 Å². The average molecular weight is 634 g/mol. The average Bonchev–Trinajstić information content (AvgIpc) is 3.59. The quantitative estimate of drug-likeness (QED) is 0.189. The van der Waals surface area contributed by atoms with E-state index in [2.05, 4.69) is 16.0 Å². The Hall–Kier alpha value is -3.18. The highest BCUT2D eigenvalue weighted by Gasteiger charge is 2.47. The second kappa shape index (κ2) is 14.9. The molecule has 3 aliphatic rings. The lowest BCUT2D eigenvalue weighted by atomic mass is 9.80. The highest BCUT2D eigenvalue weighted by molar-refractivity contribution is 6.37. The third-order valence-electron chi connectivity index (χ3n) is 9.62. The summed E-state index contributed by atoms with van der Waals surface area (Å²) in [6.45, 7) is 13.2. The number of nitrogens with zero attached hydrogens (tertiary/aromatic N) is 1. The topological polar surface area (TPSA) is 177 Å². The van der Waals surface area contributed by atoms with Crippen molar-refractivity contribution in [3.05, 3.63) is 0 Å². The molecule has 2 saturated carbocycles. The summed E-state index contributed by atoms with van der Waals surface area (Å²) in [5.41, 5.74) is 3.90. The van der Waals surface area contributed by atoms with Crippen LogP contribution in [0.1, 0.15) is 113 Å². The highest BCUT2D eigenvalue weighted by atomic mass is 16.5. The predicted octanol–water partition coefficient (Wildman–Crippen LogP) is 2.96. The van der Waals surface area contributed by atoms with E-state index in [1.165, 1.54) is 4.90 Å². The third-order valence-corrected chi connectivity index (χ3v) is 9.62. The molecule has 5 N–H and O–H groups in total. The molecule has 0 aromatic rings. The van der Waals surface area contributed by atoms with Gasteiger partial charge in [-0.25, -0.2) is 9.59 Å². The Morgan fingerprint density at radius 2 is 1.40 bits per heavy atom. The van der Waals surface area contributed by atoms with Crippen LogP contribution in [0.15, 0.2) is 0 Å². The molecule has 2 aliphatic carbocycles. The number of esters is 1. The Labute approximate surface area is 267 Å². The molecular weight excluding hydrogens is 578 g/mol. The van der Waals surface area contributed by atoms with Crippen LogP contribution < -0.4 is 21.7 Å². The Kier molecular flexibility index (Phi) is 12.0. The van der Waals surface area contributed by atoms with E-state index in [1.54, 1.807) is 0 Å². The third kappa shape index (κ3) is 9.42. The van der Waals surface area contributed by atoms with Crippen LogP contribution in [0.25, 0.3) is 0 Å². The number of nitrogens with two attached hydrogens (primary N) is 1. The summed E-state index contributed by atoms with van der Waals surface area (Å²) in [4.78, 5) is 80.4. The number of Topliss-reactive ketones (excluding diaryl/α,β-unsaturated/α-hetero) is 1. The number of rotatable bonds is 12. The summed E-state index contributed by atoms with van der Waals surface area (Å²) in [6.07, 6.45) is 7.82. The van der Waals surface area contributed by atoms with Crippen molar-refractivity contribution >= 4 is 35.5 Å². The van der Waals surface area contributed by atoms with Crippen molar-refractivity contribution in [2.24, 2.45) is 28.4 Å². The zero-order valence-corrected chi connectivity index (χ0v) is 28.2. The van der Waals surface area contributed by atoms with Gasteiger partial charge in [0.25, 0.3) is 5.91 Å². The smallest absolute Gasteiger partial charge is 0.329 e. The van der Waals surface area contributed by atoms with Gasteiger partial charge < -0.3 is 31.3 Å². The zero-order valence-electron chi connectivity index (χ0n) is 28.2. The lowest BCUT2D eigenvalue weighted by Crippen LogP contribution is -2.62. The number of amides is 5. The van der Waals surface area contributed by atoms with E-state index in [9.17, 15) is 28.8 Å². The number of likely N-dealkylation sites (tertiary alicyclic amines) is 1. The molecule has 5 atom stereocenters. The van der Waals surface area contributed by atoms with Crippen molar-refractivity contribution < 1.29 is 33.5 Å². The van der Waals surface area contributed by atoms with Gasteiger partial charge in [0.1, 0.15) is 24.2 Å². The SMILES string of the molecule is CC[C@H]1CCN(C(=O)[C@@H](NC(=O)N[C@H](C(=O)OC2CCCC2)C(C)(C)C)C(C)(C)C)[C@@H]1C(=O)NC(CC1CCC1)C(=O)C(N)=O. The normalized spacial score (nSPS) is 23.0. The Bertz CT molecular complexity index is 1120. The number of carbonyl (C=O) groups is 6. The molecule has 254 valence electrons. The molecule has 12 heteroatoms. The molecule has 0 aromatic carbocycles. The van der Waals surface area contributed by atoms with Crippen molar-refractivity contribution in [3.63, 3.8) is 0 Å². The Morgan fingerprint density at radius 3 is 1.89 bits per heavy atom. The molecule has 3 rings (SSSR count). The van der Waals surface area contributed by atoms with Crippen molar-refractivity contribution in [2.45, 2.75) is 143 Å². The molecule has 12 nitrogen and oxygen atoms in total. The largest absolute Gasteiger partial charge is 0.461 e. The number of urea groups is 1. The Balaban J connectivity index is 1.78. The van der Waals surface area contributed by atoms with E-state index < -0.39 is 70.5 Å². The molecule has 0 spiro atoms. The molecule has 0 aromatic heterocycles. The van der Waals surface area contributed by atoms with E-state index in [0.29, 0.717) is 25.8 Å². The summed E-state index contributed by atoms with van der Waals surface area (Å²) < 4.78 is 5.71. The minimum Gasteiger partial charge on any atom is -0.461 e. The summed E-state index contributed by atoms with van der Waals surface area (Å²) >= 11 is 0. The fourth-order valence-corrected chi connectivity index (χ4v) is 6.59. The first-order chi connectivity index (χ1) is 20.9. The van der Waals surface area contributed by atoms with Gasteiger partial charge in [0.15, 0.2) is 0 Å². The molecule has 3 fully saturated rings. The van der Waals surface area contributed by atoms with Crippen molar-refractivity contribution in [2.75, 3.05) is 6.54 Å². The van der Waals surface area contributed by atoms with Gasteiger partial charge in [-0.05, 0) is 61.2 Å². The Morgan fingerprint density at radius 1 is 0.822 bits per heavy atom. The van der Waals surface area contributed by atoms with E-state index >= 15 is 0 Å². The molecule has 1 aliphatic heterocycles. The number of primary amides is 1. The van der Waals surface area contributed by atoms with Crippen LogP contribution in [0.5, 0.6) is 0 Å². The van der Waals surface area contributed by atoms with Gasteiger partial charge in [-0.15, -0.1) is 0 Å². The first kappa shape index (κ1) is 36.3. The van der Waals surface area contributed by atoms with E-state index in [1.807, 2.05) is 48.5 Å². The molecule has 0 bridgehead atoms. The summed E-state index contributed by atoms with van der Waals surface area (Å²) in [7, 11) is 0. The van der Waals surface area contributed by atoms with E-state index in [0.717, 1.165) is 44.9 Å². The van der Waals surface area contributed by atoms with Gasteiger partial charge in [0, 0.05) is 6.54 Å². The fourth-order valence-electron chi connectivity index (χ4n) is 6.59. The predicted molar refractivity (Wildman–Crippen MR) is 168 cm³/mol. The van der Waals surface area contributed by atoms with Crippen molar-refractivity contribution in [1.82, 2.24) is 20.9 Å². The lowest BCUT2D eigenvalue weighted by molar-refractivity contribution is -0.154. The first-order valence-electron chi connectivity index (χ1n) is 16.7. The second-order valence-electron chi connectivity index (χ2n) is 15.3. The number of carbonyl (C=O) groups excluding carboxylic acids is 6. The minimum absolute atomic E-state index is 0.160. The van der Waals surface area contributed by atoms with Crippen LogP contribution in [0.3, 0.4) is 0 Å². The van der Waals surface area contributed by atoms with Crippen LogP contribution in [0.4, 0.5) is 4.79 Å². The molecule has 1 saturated heterocycles. The van der Waals surface area contributed by atoms with Gasteiger partial charge >= 0.3 is 12.0 Å². The minimum atomic E-state index is -1.10. The van der Waals surface area contributed by atoms with Crippen LogP contribution in [0.2, 0.25) is 0 Å². The van der Waals surface area contributed by atoms with E-state index in [4.69, 9.17) is 10.5 Å². The highest BCUT2D eigenvalue weighted by Crippen LogP contribution is 2.33. The van der Waals surface area contributed by atoms with Gasteiger partial charge in [0.05, 0.1) is 6.04 Å². The van der Waals surface area contributed by atoms with Crippen LogP contribution in [-0.4, -0.2) is 77.2 Å². The maximum absolute atomic E-state index is 14.2. The zero-order chi connectivity index (χ0) is 33.7. The van der Waals surface area contributed by atoms with Gasteiger partial charge in [-0.3, -0.25) is 19.2 Å². The van der Waals surface area contributed by atoms with Gasteiger partial charge in [-0.2, -0.15) is 0 Å². The summed E-state index contributed by atoms with van der Waals surface area (Å²) in [6, 6.07) is -4.60. The molecular formula is C33H55N5O7. The first-order valence-corrected chi connectivity index (χ1v) is 16.7. The standard InChI is InChI=1S/C33H55N5O7/c1-8-20-16-17-38(23(20)28(41)35-22(24(39)27(34)40)18-19-12-11-13-19)29(42)25(32(2,3)4)36-31(44)37-26(33(5,6)7)30(43)45-21-14-9-10-15-21/h19-23,25-26H,8-18H2,1-7H3,(H2,34,40)(H,35,41)(H2,36,37,44)/t20-,22?,23-,25+,26+/m0/s1. The molecule has 0 radical (unpaired) electrons. The lowest BCUT2D eigenvalue weighted by Gasteiger charge is -2.37. The number of hydrogen-bond donors (Lipinski definition) is 4. The summed E-state index contributed by atoms with van der Waals surface area (Å²) in [5.74, 6) is -3.35. The van der Waals surface area contributed by atoms with Crippen molar-refractivity contribution in [3.8, 4) is 0 Å². The number of ketones is 1. The maximum Gasteiger partial charge on any atom is 0.329 e. The molecule has 1 unspecified atom stereocenters. The number of nitrogens with one attached hydrogen (secondary N) is 3. The fraction of sp³-hybridized carbons (Fsp3) is 0.818. The molecule has 1 heterocycles. The van der Waals surface area contributed by atoms with Crippen LogP contribution in [0, 0.1) is 22.7 Å². The number of ether oxygens (including phenoxy) is 1. The molecule has 5 amide bonds. The van der Waals surface area contributed by atoms with Crippen LogP contribution >= 0.6 is 0 Å². The maximum atomic E-state index is 14.2. The van der Waals surface area contributed by atoms with Gasteiger partial charge in [0.2, 0.25) is 17.6 Å². The monoisotopic (exact) mass is 633 g/mol. The second-order valence-corrected chi connectivity index (χ2v) is 15.3. The number of hydrogen-bond acceptors (Lipinski definition) is 7. The van der Waals surface area contributed by atoms with Crippen molar-refractivity contribution in [1.29, 1.82) is 0 Å². The summed E-state index contributed by atoms with van der Waals surface area (Å²) in [5, 5.41) is 8.31. The van der Waals surface area contributed by atoms with Crippen LogP contribution in [-0.2, 0) is 28.7 Å². The van der Waals surface area contributed by atoms with E-state index in [-0.39, 0.29) is 17.9 Å².